The van der Waals surface area contributed by atoms with E-state index in [1.54, 1.807) is 0 Å². The van der Waals surface area contributed by atoms with E-state index in [1.165, 1.54) is 0 Å². The van der Waals surface area contributed by atoms with E-state index in [0.29, 0.717) is 12.2 Å². The lowest BCUT2D eigenvalue weighted by Gasteiger charge is -2.02. The second kappa shape index (κ2) is 6.58. The third kappa shape index (κ3) is 3.37. The average molecular weight is 324 g/mol. The molecular formula is C17H16N4OS. The zero-order valence-electron chi connectivity index (χ0n) is 12.6. The Morgan fingerprint density at radius 2 is 1.96 bits per heavy atom. The Morgan fingerprint density at radius 1 is 1.17 bits per heavy atom. The molecule has 0 saturated heterocycles. The maximum atomic E-state index is 10.0. The van der Waals surface area contributed by atoms with Crippen LogP contribution in [0.5, 0.6) is 5.88 Å². The number of aryl methyl sites for hydroxylation is 1. The molecule has 0 aliphatic carbocycles. The third-order valence-electron chi connectivity index (χ3n) is 3.52. The molecule has 0 amide bonds. The zero-order chi connectivity index (χ0) is 16.2. The van der Waals surface area contributed by atoms with Crippen molar-refractivity contribution in [3.8, 4) is 5.88 Å². The minimum absolute atomic E-state index is 0.0103. The fraction of sp³-hybridized carbons (Fsp3) is 0.118. The van der Waals surface area contributed by atoms with Crippen LogP contribution in [-0.2, 0) is 6.54 Å². The lowest BCUT2D eigenvalue weighted by Crippen LogP contribution is -2.18. The predicted octanol–water partition coefficient (Wildman–Crippen LogP) is 4.34. The quantitative estimate of drug-likeness (QED) is 0.495. The molecule has 2 aromatic carbocycles. The summed E-state index contributed by atoms with van der Waals surface area (Å²) in [7, 11) is 0. The molecule has 3 aromatic rings. The number of nitrogens with zero attached hydrogens (tertiary/aromatic N) is 2. The molecule has 0 aliphatic heterocycles. The number of thiocarbonyl (C=S) groups is 1. The van der Waals surface area contributed by atoms with Crippen LogP contribution in [0.15, 0.2) is 58.8 Å². The summed E-state index contributed by atoms with van der Waals surface area (Å²) < 4.78 is 0. The smallest absolute Gasteiger partial charge is 0.218 e. The number of para-hydroxylation sites is 1. The van der Waals surface area contributed by atoms with E-state index in [1.807, 2.05) is 55.5 Å². The Balaban J connectivity index is 1.74. The third-order valence-corrected chi connectivity index (χ3v) is 3.75. The van der Waals surface area contributed by atoms with E-state index in [-0.39, 0.29) is 11.0 Å². The maximum Gasteiger partial charge on any atom is 0.218 e. The number of aromatic hydroxyl groups is 1. The lowest BCUT2D eigenvalue weighted by atomic mass is 10.1. The number of nitrogens with one attached hydrogen (secondary N) is 2. The second-order valence-electron chi connectivity index (χ2n) is 5.16. The van der Waals surface area contributed by atoms with Crippen LogP contribution < -0.4 is 5.32 Å². The molecule has 5 nitrogen and oxygen atoms in total. The van der Waals surface area contributed by atoms with Gasteiger partial charge in [0.25, 0.3) is 0 Å². The van der Waals surface area contributed by atoms with Gasteiger partial charge in [0.15, 0.2) is 5.69 Å². The van der Waals surface area contributed by atoms with E-state index >= 15 is 0 Å². The van der Waals surface area contributed by atoms with Crippen LogP contribution in [0.2, 0.25) is 0 Å². The Labute approximate surface area is 139 Å². The summed E-state index contributed by atoms with van der Waals surface area (Å²) in [4.78, 5) is 2.92. The van der Waals surface area contributed by atoms with E-state index in [2.05, 4.69) is 20.5 Å². The van der Waals surface area contributed by atoms with Crippen molar-refractivity contribution in [2.24, 2.45) is 10.2 Å². The van der Waals surface area contributed by atoms with Gasteiger partial charge in [0, 0.05) is 11.9 Å². The average Bonchev–Trinajstić information content (AvgIpc) is 2.89. The summed E-state index contributed by atoms with van der Waals surface area (Å²) in [6.07, 6.45) is 0. The van der Waals surface area contributed by atoms with Gasteiger partial charge in [0.05, 0.1) is 5.52 Å². The van der Waals surface area contributed by atoms with Gasteiger partial charge in [-0.2, -0.15) is 0 Å². The summed E-state index contributed by atoms with van der Waals surface area (Å²) in [6.45, 7) is 2.54. The number of benzene rings is 2. The van der Waals surface area contributed by atoms with Gasteiger partial charge in [-0.3, -0.25) is 0 Å². The van der Waals surface area contributed by atoms with Gasteiger partial charge < -0.3 is 15.4 Å². The van der Waals surface area contributed by atoms with E-state index in [4.69, 9.17) is 12.2 Å². The molecule has 0 unspecified atom stereocenters. The van der Waals surface area contributed by atoms with Crippen LogP contribution in [0.3, 0.4) is 0 Å². The zero-order valence-corrected chi connectivity index (χ0v) is 13.4. The van der Waals surface area contributed by atoms with Crippen LogP contribution in [0.25, 0.3) is 10.9 Å². The molecule has 0 bridgehead atoms. The van der Waals surface area contributed by atoms with Gasteiger partial charge in [-0.15, -0.1) is 10.2 Å². The second-order valence-corrected chi connectivity index (χ2v) is 5.55. The van der Waals surface area contributed by atoms with Crippen molar-refractivity contribution in [1.82, 2.24) is 10.3 Å². The van der Waals surface area contributed by atoms with E-state index in [0.717, 1.165) is 22.0 Å². The highest BCUT2D eigenvalue weighted by Gasteiger charge is 2.11. The molecule has 0 fully saturated rings. The highest BCUT2D eigenvalue weighted by atomic mass is 32.1. The van der Waals surface area contributed by atoms with Gasteiger partial charge >= 0.3 is 0 Å². The fourth-order valence-corrected chi connectivity index (χ4v) is 2.45. The first kappa shape index (κ1) is 15.2. The van der Waals surface area contributed by atoms with E-state index < -0.39 is 0 Å². The Hall–Kier alpha value is -2.73. The minimum atomic E-state index is -0.0103. The van der Waals surface area contributed by atoms with Crippen LogP contribution >= 0.6 is 12.2 Å². The number of H-pyrrole nitrogens is 1. The molecule has 0 atom stereocenters. The molecule has 116 valence electrons. The van der Waals surface area contributed by atoms with Gasteiger partial charge in [-0.25, -0.2) is 0 Å². The Bertz CT molecular complexity index is 871. The highest BCUT2D eigenvalue weighted by Crippen LogP contribution is 2.36. The van der Waals surface area contributed by atoms with Crippen molar-refractivity contribution in [3.05, 3.63) is 59.7 Å². The van der Waals surface area contributed by atoms with Crippen LogP contribution in [0.4, 0.5) is 5.69 Å². The molecule has 1 heterocycles. The van der Waals surface area contributed by atoms with Crippen molar-refractivity contribution >= 4 is 33.9 Å². The Morgan fingerprint density at radius 3 is 2.74 bits per heavy atom. The Kier molecular flexibility index (Phi) is 4.34. The van der Waals surface area contributed by atoms with Crippen LogP contribution in [0, 0.1) is 6.92 Å². The highest BCUT2D eigenvalue weighted by molar-refractivity contribution is 7.80. The molecule has 0 radical (unpaired) electrons. The molecule has 0 aliphatic rings. The summed E-state index contributed by atoms with van der Waals surface area (Å²) in [6, 6.07) is 15.7. The SMILES string of the molecule is Cc1cccc2c(N=NC(=S)NCc3ccccc3)c(O)[nH]c12. The van der Waals surface area contributed by atoms with Crippen LogP contribution in [0.1, 0.15) is 11.1 Å². The number of hydrogen-bond acceptors (Lipinski definition) is 3. The summed E-state index contributed by atoms with van der Waals surface area (Å²) >= 11 is 5.15. The van der Waals surface area contributed by atoms with Crippen molar-refractivity contribution in [2.45, 2.75) is 13.5 Å². The fourth-order valence-electron chi connectivity index (χ4n) is 2.34. The first-order chi connectivity index (χ1) is 11.1. The molecule has 0 saturated carbocycles. The minimum Gasteiger partial charge on any atom is -0.493 e. The van der Waals surface area contributed by atoms with Crippen molar-refractivity contribution in [1.29, 1.82) is 0 Å². The normalized spacial score (nSPS) is 11.2. The summed E-state index contributed by atoms with van der Waals surface area (Å²) in [5, 5.41) is 22.2. The predicted molar refractivity (Wildman–Crippen MR) is 95.1 cm³/mol. The number of aromatic nitrogens is 1. The topological polar surface area (TPSA) is 72.8 Å². The molecular weight excluding hydrogens is 308 g/mol. The van der Waals surface area contributed by atoms with E-state index in [9.17, 15) is 5.11 Å². The number of aromatic amines is 1. The van der Waals surface area contributed by atoms with Crippen molar-refractivity contribution in [2.75, 3.05) is 0 Å². The molecule has 0 spiro atoms. The molecule has 3 N–H and O–H groups in total. The summed E-state index contributed by atoms with van der Waals surface area (Å²) in [5.74, 6) is -0.0103. The van der Waals surface area contributed by atoms with Gasteiger partial charge in [-0.05, 0) is 30.3 Å². The van der Waals surface area contributed by atoms with Crippen molar-refractivity contribution < 1.29 is 5.11 Å². The largest absolute Gasteiger partial charge is 0.493 e. The lowest BCUT2D eigenvalue weighted by molar-refractivity contribution is 0.459. The van der Waals surface area contributed by atoms with Gasteiger partial charge in [0.2, 0.25) is 11.0 Å². The molecule has 3 rings (SSSR count). The molecule has 1 aromatic heterocycles. The van der Waals surface area contributed by atoms with Gasteiger partial charge in [0.1, 0.15) is 0 Å². The molecule has 23 heavy (non-hydrogen) atoms. The monoisotopic (exact) mass is 324 g/mol. The number of azo groups is 1. The first-order valence-corrected chi connectivity index (χ1v) is 7.60. The molecule has 6 heteroatoms. The first-order valence-electron chi connectivity index (χ1n) is 7.19. The standard InChI is InChI=1S/C17H16N4OS/c1-11-6-5-9-13-14(11)19-16(22)15(13)20-21-17(23)18-10-12-7-3-2-4-8-12/h2-9,19,22H,10H2,1H3,(H,18,23). The maximum absolute atomic E-state index is 10.0. The van der Waals surface area contributed by atoms with Crippen LogP contribution in [-0.4, -0.2) is 15.2 Å². The van der Waals surface area contributed by atoms with Gasteiger partial charge in [-0.1, -0.05) is 48.5 Å². The summed E-state index contributed by atoms with van der Waals surface area (Å²) in [5.41, 5.74) is 3.38. The number of rotatable bonds is 3. The number of fused-ring (bicyclic) bond motifs is 1. The van der Waals surface area contributed by atoms with Crippen molar-refractivity contribution in [3.63, 3.8) is 0 Å². The number of hydrogen-bond donors (Lipinski definition) is 3.